The first kappa shape index (κ1) is 15.2. The van der Waals surface area contributed by atoms with Gasteiger partial charge >= 0.3 is 0 Å². The number of aromatic nitrogens is 2. The Balaban J connectivity index is 1.96. The average molecular weight is 291 g/mol. The molecule has 0 aliphatic carbocycles. The molecule has 2 rings (SSSR count). The van der Waals surface area contributed by atoms with Crippen molar-refractivity contribution in [3.05, 3.63) is 36.0 Å². The molecule has 0 saturated heterocycles. The number of carbonyl (C=O) groups excluding carboxylic acids is 1. The molecule has 0 aliphatic heterocycles. The summed E-state index contributed by atoms with van der Waals surface area (Å²) in [6.07, 6.45) is 0.406. The molecule has 0 spiro atoms. The fourth-order valence-electron chi connectivity index (χ4n) is 1.66. The Morgan fingerprint density at radius 3 is 2.71 bits per heavy atom. The molecule has 0 bridgehead atoms. The van der Waals surface area contributed by atoms with Crippen molar-refractivity contribution in [2.75, 3.05) is 6.54 Å². The fraction of sp³-hybridized carbons (Fsp3) is 0.400. The van der Waals surface area contributed by atoms with Crippen molar-refractivity contribution in [1.82, 2.24) is 15.5 Å². The van der Waals surface area contributed by atoms with Crippen molar-refractivity contribution in [2.24, 2.45) is 5.41 Å². The molecule has 0 saturated carbocycles. The third kappa shape index (κ3) is 3.87. The number of nitrogens with one attached hydrogen (secondary N) is 1. The van der Waals surface area contributed by atoms with Crippen molar-refractivity contribution in [2.45, 2.75) is 27.2 Å². The number of carbonyl (C=O) groups is 1. The number of hydrogen-bond donors (Lipinski definition) is 1. The van der Waals surface area contributed by atoms with Crippen LogP contribution in [0.1, 0.15) is 26.7 Å². The van der Waals surface area contributed by atoms with Gasteiger partial charge in [0, 0.05) is 18.4 Å². The molecule has 1 amide bonds. The normalized spacial score (nSPS) is 11.4. The average Bonchev–Trinajstić information content (AvgIpc) is 2.86. The monoisotopic (exact) mass is 291 g/mol. The molecule has 1 N–H and O–H groups in total. The van der Waals surface area contributed by atoms with E-state index in [-0.39, 0.29) is 11.7 Å². The van der Waals surface area contributed by atoms with Crippen LogP contribution in [0.5, 0.6) is 0 Å². The number of halogens is 1. The lowest BCUT2D eigenvalue weighted by atomic mass is 9.96. The molecule has 21 heavy (non-hydrogen) atoms. The van der Waals surface area contributed by atoms with Crippen molar-refractivity contribution < 1.29 is 13.7 Å². The van der Waals surface area contributed by atoms with Crippen LogP contribution in [-0.4, -0.2) is 22.6 Å². The molecule has 6 heteroatoms. The zero-order chi connectivity index (χ0) is 15.5. The molecule has 1 heterocycles. The zero-order valence-electron chi connectivity index (χ0n) is 12.3. The Kier molecular flexibility index (Phi) is 4.35. The van der Waals surface area contributed by atoms with Crippen LogP contribution in [0.2, 0.25) is 0 Å². The molecule has 0 unspecified atom stereocenters. The van der Waals surface area contributed by atoms with Gasteiger partial charge in [-0.1, -0.05) is 38.1 Å². The Morgan fingerprint density at radius 1 is 1.33 bits per heavy atom. The van der Waals surface area contributed by atoms with Gasteiger partial charge in [0.05, 0.1) is 5.56 Å². The van der Waals surface area contributed by atoms with E-state index in [2.05, 4.69) is 15.5 Å². The van der Waals surface area contributed by atoms with Crippen LogP contribution >= 0.6 is 0 Å². The van der Waals surface area contributed by atoms with Crippen molar-refractivity contribution >= 4 is 5.91 Å². The van der Waals surface area contributed by atoms with Gasteiger partial charge in [0.1, 0.15) is 5.82 Å². The Morgan fingerprint density at radius 2 is 2.05 bits per heavy atom. The quantitative estimate of drug-likeness (QED) is 0.940. The number of rotatable bonds is 4. The van der Waals surface area contributed by atoms with E-state index in [4.69, 9.17) is 4.52 Å². The molecular weight excluding hydrogens is 273 g/mol. The topological polar surface area (TPSA) is 68.0 Å². The zero-order valence-corrected chi connectivity index (χ0v) is 12.3. The first-order chi connectivity index (χ1) is 9.88. The van der Waals surface area contributed by atoms with Gasteiger partial charge in [0.25, 0.3) is 0 Å². The molecule has 1 aromatic heterocycles. The largest absolute Gasteiger partial charge is 0.355 e. The van der Waals surface area contributed by atoms with E-state index in [1.54, 1.807) is 18.2 Å². The van der Waals surface area contributed by atoms with E-state index in [9.17, 15) is 9.18 Å². The summed E-state index contributed by atoms with van der Waals surface area (Å²) in [5.74, 6) is 0.134. The van der Waals surface area contributed by atoms with Crippen molar-refractivity contribution in [1.29, 1.82) is 0 Å². The Hall–Kier alpha value is -2.24. The standard InChI is InChI=1S/C15H18FN3O2/c1-15(2,3)14(20)17-9-8-12-18-13(19-21-12)10-6-4-5-7-11(10)16/h4-7H,8-9H2,1-3H3,(H,17,20). The van der Waals surface area contributed by atoms with Crippen LogP contribution in [0.25, 0.3) is 11.4 Å². The van der Waals surface area contributed by atoms with Gasteiger partial charge in [-0.05, 0) is 12.1 Å². The number of benzene rings is 1. The van der Waals surface area contributed by atoms with Gasteiger partial charge in [-0.2, -0.15) is 4.98 Å². The Labute approximate surface area is 122 Å². The lowest BCUT2D eigenvalue weighted by Gasteiger charge is -2.16. The minimum absolute atomic E-state index is 0.0451. The molecule has 2 aromatic rings. The molecular formula is C15H18FN3O2. The molecule has 0 aliphatic rings. The van der Waals surface area contributed by atoms with E-state index < -0.39 is 11.2 Å². The molecule has 5 nitrogen and oxygen atoms in total. The van der Waals surface area contributed by atoms with Gasteiger partial charge in [-0.3, -0.25) is 4.79 Å². The van der Waals surface area contributed by atoms with Crippen LogP contribution in [0.3, 0.4) is 0 Å². The second kappa shape index (κ2) is 6.03. The van der Waals surface area contributed by atoms with Gasteiger partial charge in [-0.25, -0.2) is 4.39 Å². The van der Waals surface area contributed by atoms with Gasteiger partial charge in [0.2, 0.25) is 17.6 Å². The molecule has 0 atom stereocenters. The summed E-state index contributed by atoms with van der Waals surface area (Å²) in [4.78, 5) is 15.8. The highest BCUT2D eigenvalue weighted by Gasteiger charge is 2.20. The molecule has 1 aromatic carbocycles. The van der Waals surface area contributed by atoms with Crippen LogP contribution in [0.15, 0.2) is 28.8 Å². The second-order valence-electron chi connectivity index (χ2n) is 5.75. The van der Waals surface area contributed by atoms with E-state index in [0.717, 1.165) is 0 Å². The first-order valence-corrected chi connectivity index (χ1v) is 6.74. The van der Waals surface area contributed by atoms with Crippen molar-refractivity contribution in [3.8, 4) is 11.4 Å². The summed E-state index contributed by atoms with van der Waals surface area (Å²) < 4.78 is 18.7. The van der Waals surface area contributed by atoms with Crippen LogP contribution in [0, 0.1) is 11.2 Å². The third-order valence-corrected chi connectivity index (χ3v) is 2.89. The smallest absolute Gasteiger partial charge is 0.228 e. The summed E-state index contributed by atoms with van der Waals surface area (Å²) in [5.41, 5.74) is -0.140. The van der Waals surface area contributed by atoms with E-state index in [0.29, 0.717) is 24.4 Å². The lowest BCUT2D eigenvalue weighted by molar-refractivity contribution is -0.128. The van der Waals surface area contributed by atoms with E-state index in [1.807, 2.05) is 20.8 Å². The van der Waals surface area contributed by atoms with Crippen molar-refractivity contribution in [3.63, 3.8) is 0 Å². The summed E-state index contributed by atoms with van der Waals surface area (Å²) in [6, 6.07) is 6.24. The SMILES string of the molecule is CC(C)(C)C(=O)NCCc1nc(-c2ccccc2F)no1. The van der Waals surface area contributed by atoms with Crippen LogP contribution in [-0.2, 0) is 11.2 Å². The maximum atomic E-state index is 13.6. The summed E-state index contributed by atoms with van der Waals surface area (Å²) in [6.45, 7) is 5.91. The maximum Gasteiger partial charge on any atom is 0.228 e. The minimum atomic E-state index is -0.437. The summed E-state index contributed by atoms with van der Waals surface area (Å²) >= 11 is 0. The molecule has 0 fully saturated rings. The van der Waals surface area contributed by atoms with E-state index in [1.165, 1.54) is 6.07 Å². The number of hydrogen-bond acceptors (Lipinski definition) is 4. The highest BCUT2D eigenvalue weighted by atomic mass is 19.1. The molecule has 112 valence electrons. The predicted octanol–water partition coefficient (Wildman–Crippen LogP) is 2.58. The third-order valence-electron chi connectivity index (χ3n) is 2.89. The molecule has 0 radical (unpaired) electrons. The van der Waals surface area contributed by atoms with Crippen LogP contribution < -0.4 is 5.32 Å². The highest BCUT2D eigenvalue weighted by molar-refractivity contribution is 5.81. The van der Waals surface area contributed by atoms with Gasteiger partial charge in [0.15, 0.2) is 0 Å². The number of amides is 1. The summed E-state index contributed by atoms with van der Waals surface area (Å²) in [5, 5.41) is 6.55. The number of nitrogens with zero attached hydrogens (tertiary/aromatic N) is 2. The van der Waals surface area contributed by atoms with E-state index >= 15 is 0 Å². The predicted molar refractivity (Wildman–Crippen MR) is 75.9 cm³/mol. The minimum Gasteiger partial charge on any atom is -0.355 e. The van der Waals surface area contributed by atoms with Crippen LogP contribution in [0.4, 0.5) is 4.39 Å². The fourth-order valence-corrected chi connectivity index (χ4v) is 1.66. The second-order valence-corrected chi connectivity index (χ2v) is 5.75. The first-order valence-electron chi connectivity index (χ1n) is 6.74. The summed E-state index contributed by atoms with van der Waals surface area (Å²) in [7, 11) is 0. The Bertz CT molecular complexity index is 632. The lowest BCUT2D eigenvalue weighted by Crippen LogP contribution is -2.35. The van der Waals surface area contributed by atoms with Gasteiger partial charge in [-0.15, -0.1) is 0 Å². The maximum absolute atomic E-state index is 13.6. The highest BCUT2D eigenvalue weighted by Crippen LogP contribution is 2.19. The van der Waals surface area contributed by atoms with Gasteiger partial charge < -0.3 is 9.84 Å².